The van der Waals surface area contributed by atoms with E-state index in [1.54, 1.807) is 6.26 Å². The van der Waals surface area contributed by atoms with Crippen LogP contribution in [0.1, 0.15) is 24.5 Å². The second kappa shape index (κ2) is 5.23. The molecule has 3 aromatic rings. The highest BCUT2D eigenvalue weighted by molar-refractivity contribution is 9.10. The predicted molar refractivity (Wildman–Crippen MR) is 77.9 cm³/mol. The lowest BCUT2D eigenvalue weighted by Crippen LogP contribution is -2.17. The van der Waals surface area contributed by atoms with Crippen molar-refractivity contribution in [2.24, 2.45) is 0 Å². The number of halogens is 1. The molecule has 3 nitrogen and oxygen atoms in total. The van der Waals surface area contributed by atoms with Gasteiger partial charge in [-0.2, -0.15) is 0 Å². The van der Waals surface area contributed by atoms with Gasteiger partial charge in [-0.05, 0) is 43.3 Å². The summed E-state index contributed by atoms with van der Waals surface area (Å²) in [5.41, 5.74) is 0.907. The van der Waals surface area contributed by atoms with Crippen LogP contribution in [0.2, 0.25) is 0 Å². The van der Waals surface area contributed by atoms with Crippen molar-refractivity contribution in [2.45, 2.75) is 19.5 Å². The smallest absolute Gasteiger partial charge is 0.134 e. The number of nitrogens with one attached hydrogen (secondary N) is 1. The van der Waals surface area contributed by atoms with Crippen LogP contribution in [0.3, 0.4) is 0 Å². The van der Waals surface area contributed by atoms with Gasteiger partial charge in [-0.25, -0.2) is 0 Å². The number of hydrogen-bond donors (Lipinski definition) is 1. The molecule has 0 aliphatic carbocycles. The van der Waals surface area contributed by atoms with Crippen molar-refractivity contribution in [3.05, 3.63) is 58.7 Å². The molecule has 0 amide bonds. The quantitative estimate of drug-likeness (QED) is 0.761. The summed E-state index contributed by atoms with van der Waals surface area (Å²) in [5.74, 6) is 1.85. The van der Waals surface area contributed by atoms with Gasteiger partial charge in [0.25, 0.3) is 0 Å². The van der Waals surface area contributed by atoms with Gasteiger partial charge >= 0.3 is 0 Å². The van der Waals surface area contributed by atoms with Crippen molar-refractivity contribution < 1.29 is 8.83 Å². The summed E-state index contributed by atoms with van der Waals surface area (Å²) >= 11 is 3.47. The third-order valence-electron chi connectivity index (χ3n) is 3.09. The third-order valence-corrected chi connectivity index (χ3v) is 3.58. The van der Waals surface area contributed by atoms with Crippen LogP contribution in [-0.2, 0) is 6.54 Å². The molecule has 0 aliphatic rings. The van der Waals surface area contributed by atoms with E-state index in [9.17, 15) is 0 Å². The van der Waals surface area contributed by atoms with Crippen LogP contribution >= 0.6 is 15.9 Å². The van der Waals surface area contributed by atoms with Crippen LogP contribution in [0.15, 0.2) is 56.0 Å². The zero-order valence-electron chi connectivity index (χ0n) is 10.5. The minimum absolute atomic E-state index is 0.135. The Hall–Kier alpha value is -1.52. The molecular weight excluding hydrogens is 306 g/mol. The zero-order chi connectivity index (χ0) is 13.2. The first-order valence-corrected chi connectivity index (χ1v) is 6.96. The Morgan fingerprint density at radius 1 is 1.26 bits per heavy atom. The Balaban J connectivity index is 1.75. The summed E-state index contributed by atoms with van der Waals surface area (Å²) in [7, 11) is 0. The van der Waals surface area contributed by atoms with Gasteiger partial charge in [0.1, 0.15) is 17.1 Å². The molecular formula is C15H14BrNO2. The van der Waals surface area contributed by atoms with E-state index >= 15 is 0 Å². The molecule has 1 aromatic carbocycles. The maximum absolute atomic E-state index is 5.84. The topological polar surface area (TPSA) is 38.3 Å². The molecule has 0 saturated heterocycles. The summed E-state index contributed by atoms with van der Waals surface area (Å²) < 4.78 is 12.2. The molecule has 0 aliphatic heterocycles. The van der Waals surface area contributed by atoms with Crippen LogP contribution in [0.4, 0.5) is 0 Å². The zero-order valence-corrected chi connectivity index (χ0v) is 12.1. The predicted octanol–water partition coefficient (Wildman–Crippen LogP) is 4.64. The van der Waals surface area contributed by atoms with Crippen LogP contribution in [0.5, 0.6) is 0 Å². The Bertz CT molecular complexity index is 673. The Kier molecular flexibility index (Phi) is 3.44. The fourth-order valence-corrected chi connectivity index (χ4v) is 2.39. The lowest BCUT2D eigenvalue weighted by molar-refractivity contribution is 0.419. The molecule has 98 valence electrons. The van der Waals surface area contributed by atoms with Gasteiger partial charge in [0.15, 0.2) is 0 Å². The van der Waals surface area contributed by atoms with Crippen LogP contribution < -0.4 is 5.32 Å². The highest BCUT2D eigenvalue weighted by Gasteiger charge is 2.11. The highest BCUT2D eigenvalue weighted by atomic mass is 79.9. The molecule has 3 rings (SSSR count). The van der Waals surface area contributed by atoms with Crippen LogP contribution in [-0.4, -0.2) is 0 Å². The van der Waals surface area contributed by atoms with Crippen molar-refractivity contribution in [3.8, 4) is 0 Å². The lowest BCUT2D eigenvalue weighted by Gasteiger charge is -2.09. The molecule has 2 heterocycles. The third kappa shape index (κ3) is 2.74. The molecule has 0 bridgehead atoms. The van der Waals surface area contributed by atoms with Gasteiger partial charge in [0.05, 0.1) is 18.8 Å². The van der Waals surface area contributed by atoms with Gasteiger partial charge in [-0.1, -0.05) is 15.9 Å². The first-order chi connectivity index (χ1) is 9.22. The van der Waals surface area contributed by atoms with E-state index < -0.39 is 0 Å². The molecule has 19 heavy (non-hydrogen) atoms. The van der Waals surface area contributed by atoms with Crippen LogP contribution in [0, 0.1) is 0 Å². The van der Waals surface area contributed by atoms with E-state index in [0.717, 1.165) is 27.0 Å². The van der Waals surface area contributed by atoms with Crippen LogP contribution in [0.25, 0.3) is 11.0 Å². The first kappa shape index (κ1) is 12.5. The molecule has 4 heteroatoms. The SMILES string of the molecule is CC(NCc1ccco1)c1cc2cc(Br)ccc2o1. The maximum Gasteiger partial charge on any atom is 0.134 e. The van der Waals surface area contributed by atoms with Gasteiger partial charge < -0.3 is 14.2 Å². The molecule has 1 unspecified atom stereocenters. The number of hydrogen-bond acceptors (Lipinski definition) is 3. The second-order valence-electron chi connectivity index (χ2n) is 4.51. The van der Waals surface area contributed by atoms with E-state index in [1.165, 1.54) is 0 Å². The lowest BCUT2D eigenvalue weighted by atomic mass is 10.2. The molecule has 0 saturated carbocycles. The van der Waals surface area contributed by atoms with E-state index in [1.807, 2.05) is 24.3 Å². The van der Waals surface area contributed by atoms with E-state index in [-0.39, 0.29) is 6.04 Å². The van der Waals surface area contributed by atoms with Crippen molar-refractivity contribution in [3.63, 3.8) is 0 Å². The Morgan fingerprint density at radius 2 is 2.16 bits per heavy atom. The normalized spacial score (nSPS) is 12.9. The molecule has 0 radical (unpaired) electrons. The standard InChI is InChI=1S/C15H14BrNO2/c1-10(17-9-13-3-2-6-18-13)15-8-11-7-12(16)4-5-14(11)19-15/h2-8,10,17H,9H2,1H3. The maximum atomic E-state index is 5.84. The summed E-state index contributed by atoms with van der Waals surface area (Å²) in [6.45, 7) is 2.77. The summed E-state index contributed by atoms with van der Waals surface area (Å²) in [4.78, 5) is 0. The second-order valence-corrected chi connectivity index (χ2v) is 5.43. The summed E-state index contributed by atoms with van der Waals surface area (Å²) in [6, 6.07) is 12.1. The molecule has 1 atom stereocenters. The van der Waals surface area contributed by atoms with Crippen molar-refractivity contribution in [1.29, 1.82) is 0 Å². The van der Waals surface area contributed by atoms with Gasteiger partial charge in [-0.3, -0.25) is 0 Å². The minimum atomic E-state index is 0.135. The molecule has 0 spiro atoms. The number of furan rings is 2. The summed E-state index contributed by atoms with van der Waals surface area (Å²) in [5, 5.41) is 4.49. The van der Waals surface area contributed by atoms with Gasteiger partial charge in [0, 0.05) is 9.86 Å². The minimum Gasteiger partial charge on any atom is -0.468 e. The van der Waals surface area contributed by atoms with Crippen molar-refractivity contribution in [2.75, 3.05) is 0 Å². The molecule has 0 fully saturated rings. The fourth-order valence-electron chi connectivity index (χ4n) is 2.02. The first-order valence-electron chi connectivity index (χ1n) is 6.17. The highest BCUT2D eigenvalue weighted by Crippen LogP contribution is 2.26. The molecule has 1 N–H and O–H groups in total. The number of rotatable bonds is 4. The Labute approximate surface area is 119 Å². The van der Waals surface area contributed by atoms with Crippen molar-refractivity contribution in [1.82, 2.24) is 5.32 Å². The van der Waals surface area contributed by atoms with E-state index in [2.05, 4.69) is 40.3 Å². The molecule has 2 aromatic heterocycles. The van der Waals surface area contributed by atoms with Crippen molar-refractivity contribution >= 4 is 26.9 Å². The van der Waals surface area contributed by atoms with Gasteiger partial charge in [-0.15, -0.1) is 0 Å². The largest absolute Gasteiger partial charge is 0.468 e. The van der Waals surface area contributed by atoms with E-state index in [4.69, 9.17) is 8.83 Å². The summed E-state index contributed by atoms with van der Waals surface area (Å²) in [6.07, 6.45) is 1.68. The average Bonchev–Trinajstić information content (AvgIpc) is 3.04. The number of fused-ring (bicyclic) bond motifs is 1. The Morgan fingerprint density at radius 3 is 2.95 bits per heavy atom. The average molecular weight is 320 g/mol. The number of benzene rings is 1. The van der Waals surface area contributed by atoms with Gasteiger partial charge in [0.2, 0.25) is 0 Å². The fraction of sp³-hybridized carbons (Fsp3) is 0.200. The van der Waals surface area contributed by atoms with E-state index in [0.29, 0.717) is 6.54 Å². The monoisotopic (exact) mass is 319 g/mol.